The van der Waals surface area contributed by atoms with Crippen molar-refractivity contribution in [2.24, 2.45) is 11.8 Å². The number of esters is 2. The normalized spacial score (nSPS) is 21.5. The Balaban J connectivity index is 1.82. The average Bonchev–Trinajstić information content (AvgIpc) is 2.95. The third-order valence-corrected chi connectivity index (χ3v) is 6.39. The van der Waals surface area contributed by atoms with Gasteiger partial charge in [0.05, 0.1) is 32.0 Å². The third kappa shape index (κ3) is 8.89. The van der Waals surface area contributed by atoms with Crippen LogP contribution in [0, 0.1) is 11.8 Å². The van der Waals surface area contributed by atoms with Crippen molar-refractivity contribution in [1.82, 2.24) is 10.3 Å². The lowest BCUT2D eigenvalue weighted by Gasteiger charge is -2.31. The molecule has 0 spiro atoms. The van der Waals surface area contributed by atoms with Gasteiger partial charge in [-0.25, -0.2) is 9.78 Å². The number of pyridine rings is 1. The Morgan fingerprint density at radius 1 is 1.14 bits per heavy atom. The molecule has 1 aliphatic rings. The second-order valence-electron chi connectivity index (χ2n) is 10.3. The van der Waals surface area contributed by atoms with Crippen LogP contribution in [0.5, 0.6) is 11.5 Å². The van der Waals surface area contributed by atoms with Crippen LogP contribution in [0.1, 0.15) is 49.3 Å². The van der Waals surface area contributed by atoms with Crippen LogP contribution in [0.25, 0.3) is 0 Å². The maximum atomic E-state index is 13.2. The van der Waals surface area contributed by atoms with E-state index in [0.717, 1.165) is 19.1 Å². The summed E-state index contributed by atoms with van der Waals surface area (Å²) >= 11 is 0. The monoisotopic (exact) mass is 596 g/mol. The molecule has 3 rings (SSSR count). The Bertz CT molecular complexity index is 1240. The lowest BCUT2D eigenvalue weighted by atomic mass is 9.91. The van der Waals surface area contributed by atoms with Gasteiger partial charge in [-0.15, -0.1) is 0 Å². The van der Waals surface area contributed by atoms with Crippen molar-refractivity contribution in [3.05, 3.63) is 53.3 Å². The van der Waals surface area contributed by atoms with E-state index in [1.807, 2.05) is 13.8 Å². The number of methoxy groups -OCH3 is 1. The fraction of sp³-hybridized carbons (Fsp3) is 0.517. The minimum absolute atomic E-state index is 0.0627. The highest BCUT2D eigenvalue weighted by molar-refractivity contribution is 5.98. The van der Waals surface area contributed by atoms with E-state index in [-0.39, 0.29) is 36.3 Å². The van der Waals surface area contributed by atoms with Crippen molar-refractivity contribution in [2.45, 2.75) is 58.5 Å². The van der Waals surface area contributed by atoms with E-state index < -0.39 is 53.8 Å². The molecule has 1 aromatic carbocycles. The van der Waals surface area contributed by atoms with Gasteiger partial charge in [0.25, 0.3) is 5.91 Å². The molecule has 13 heteroatoms. The van der Waals surface area contributed by atoms with Crippen LogP contribution < -0.4 is 14.8 Å². The number of aromatic nitrogens is 1. The molecule has 0 radical (unpaired) electrons. The molecule has 0 bridgehead atoms. The van der Waals surface area contributed by atoms with Gasteiger partial charge in [-0.3, -0.25) is 9.59 Å². The first-order valence-corrected chi connectivity index (χ1v) is 13.4. The zero-order chi connectivity index (χ0) is 31.0. The second-order valence-corrected chi connectivity index (χ2v) is 10.3. The Morgan fingerprint density at radius 2 is 1.83 bits per heavy atom. The molecule has 10 nitrogen and oxygen atoms in total. The number of carbonyl (C=O) groups excluding carboxylic acids is 3. The van der Waals surface area contributed by atoms with Crippen LogP contribution in [0.3, 0.4) is 0 Å². The van der Waals surface area contributed by atoms with Gasteiger partial charge in [-0.1, -0.05) is 26.0 Å². The number of ether oxygens (including phenoxy) is 5. The second kappa shape index (κ2) is 14.5. The Morgan fingerprint density at radius 3 is 2.43 bits per heavy atom. The smallest absolute Gasteiger partial charge is 0.416 e. The van der Waals surface area contributed by atoms with E-state index >= 15 is 0 Å². The molecule has 4 unspecified atom stereocenters. The van der Waals surface area contributed by atoms with Gasteiger partial charge < -0.3 is 29.0 Å². The number of hydrogen-bond donors (Lipinski definition) is 1. The summed E-state index contributed by atoms with van der Waals surface area (Å²) in [4.78, 5) is 41.9. The van der Waals surface area contributed by atoms with Gasteiger partial charge in [0.1, 0.15) is 6.10 Å². The van der Waals surface area contributed by atoms with E-state index in [2.05, 4.69) is 10.3 Å². The summed E-state index contributed by atoms with van der Waals surface area (Å²) in [6.45, 7) is 6.84. The molecule has 230 valence electrons. The maximum Gasteiger partial charge on any atom is 0.416 e. The van der Waals surface area contributed by atoms with Gasteiger partial charge >= 0.3 is 18.1 Å². The molecular formula is C29H35F3N2O8. The first-order chi connectivity index (χ1) is 19.8. The maximum absolute atomic E-state index is 13.2. The number of alkyl halides is 3. The van der Waals surface area contributed by atoms with Gasteiger partial charge in [-0.05, 0) is 37.0 Å². The van der Waals surface area contributed by atoms with Crippen molar-refractivity contribution < 1.29 is 51.2 Å². The van der Waals surface area contributed by atoms with Crippen LogP contribution in [0.4, 0.5) is 13.2 Å². The lowest BCUT2D eigenvalue weighted by molar-refractivity contribution is -0.161. The Kier molecular flexibility index (Phi) is 11.3. The minimum Gasteiger partial charge on any atom is -0.493 e. The van der Waals surface area contributed by atoms with Gasteiger partial charge in [0.2, 0.25) is 5.75 Å². The van der Waals surface area contributed by atoms with E-state index in [1.54, 1.807) is 6.92 Å². The minimum atomic E-state index is -4.45. The molecule has 2 aromatic rings. The highest BCUT2D eigenvalue weighted by Gasteiger charge is 2.37. The molecule has 1 fully saturated rings. The van der Waals surface area contributed by atoms with Crippen molar-refractivity contribution in [3.63, 3.8) is 0 Å². The quantitative estimate of drug-likeness (QED) is 0.428. The number of carbonyl (C=O) groups is 3. The topological polar surface area (TPSA) is 122 Å². The van der Waals surface area contributed by atoms with Crippen LogP contribution >= 0.6 is 0 Å². The predicted molar refractivity (Wildman–Crippen MR) is 143 cm³/mol. The average molecular weight is 597 g/mol. The summed E-state index contributed by atoms with van der Waals surface area (Å²) in [6.07, 6.45) is -4.32. The van der Waals surface area contributed by atoms with Crippen molar-refractivity contribution >= 4 is 17.8 Å². The van der Waals surface area contributed by atoms with Gasteiger partial charge in [0.15, 0.2) is 17.5 Å². The number of benzene rings is 1. The van der Waals surface area contributed by atoms with Crippen molar-refractivity contribution in [1.29, 1.82) is 0 Å². The molecule has 42 heavy (non-hydrogen) atoms. The molecular weight excluding hydrogens is 561 g/mol. The molecule has 4 atom stereocenters. The number of nitrogens with one attached hydrogen (secondary N) is 1. The zero-order valence-corrected chi connectivity index (χ0v) is 24.0. The number of halogens is 3. The van der Waals surface area contributed by atoms with Gasteiger partial charge in [-0.2, -0.15) is 13.2 Å². The van der Waals surface area contributed by atoms with Crippen LogP contribution in [-0.4, -0.2) is 68.0 Å². The SMILES string of the molecule is COc1ccnc(C(=O)NC2COCC(Cc3ccc(C(F)(F)F)cc3)C(OCC(C)C)C(C)OC2=O)c1OC(C)=O. The van der Waals surface area contributed by atoms with E-state index in [1.165, 1.54) is 31.5 Å². The number of cyclic esters (lactones) is 1. The number of hydrogen-bond acceptors (Lipinski definition) is 9. The molecule has 1 aromatic heterocycles. The van der Waals surface area contributed by atoms with E-state index in [0.29, 0.717) is 18.6 Å². The summed E-state index contributed by atoms with van der Waals surface area (Å²) in [7, 11) is 1.33. The standard InChI is InChI=1S/C29H35F3N2O8/c1-16(2)13-40-25-17(3)41-28(37)22(34-27(36)24-26(42-18(4)35)23(38-5)10-11-33-24)15-39-14-20(25)12-19-6-8-21(9-7-19)29(30,31)32/h6-11,16-17,20,22,25H,12-15H2,1-5H3,(H,34,36). The molecule has 1 saturated heterocycles. The Labute approximate surface area is 241 Å². The van der Waals surface area contributed by atoms with Crippen LogP contribution in [0.2, 0.25) is 0 Å². The third-order valence-electron chi connectivity index (χ3n) is 6.39. The highest BCUT2D eigenvalue weighted by atomic mass is 19.4. The fourth-order valence-electron chi connectivity index (χ4n) is 4.42. The van der Waals surface area contributed by atoms with Crippen LogP contribution in [-0.2, 0) is 36.4 Å². The zero-order valence-electron chi connectivity index (χ0n) is 24.0. The summed E-state index contributed by atoms with van der Waals surface area (Å²) in [6, 6.07) is 4.98. The molecule has 0 saturated carbocycles. The summed E-state index contributed by atoms with van der Waals surface area (Å²) in [5.74, 6) is -2.70. The summed E-state index contributed by atoms with van der Waals surface area (Å²) in [5, 5.41) is 2.52. The van der Waals surface area contributed by atoms with Crippen molar-refractivity contribution in [2.75, 3.05) is 26.9 Å². The number of rotatable bonds is 9. The van der Waals surface area contributed by atoms with Crippen LogP contribution in [0.15, 0.2) is 36.5 Å². The molecule has 1 aliphatic heterocycles. The van der Waals surface area contributed by atoms with E-state index in [9.17, 15) is 27.6 Å². The number of amides is 1. The molecule has 1 N–H and O–H groups in total. The van der Waals surface area contributed by atoms with E-state index in [4.69, 9.17) is 23.7 Å². The largest absolute Gasteiger partial charge is 0.493 e. The van der Waals surface area contributed by atoms with Gasteiger partial charge in [0, 0.05) is 31.7 Å². The first kappa shape index (κ1) is 32.8. The summed E-state index contributed by atoms with van der Waals surface area (Å²) in [5.41, 5.74) is -0.420. The Hall–Kier alpha value is -3.71. The highest BCUT2D eigenvalue weighted by Crippen LogP contribution is 2.31. The van der Waals surface area contributed by atoms with Crippen molar-refractivity contribution in [3.8, 4) is 11.5 Å². The lowest BCUT2D eigenvalue weighted by Crippen LogP contribution is -2.46. The number of nitrogens with zero attached hydrogens (tertiary/aromatic N) is 1. The molecule has 0 aliphatic carbocycles. The predicted octanol–water partition coefficient (Wildman–Crippen LogP) is 3.99. The molecule has 1 amide bonds. The fourth-order valence-corrected chi connectivity index (χ4v) is 4.42. The first-order valence-electron chi connectivity index (χ1n) is 13.4. The summed E-state index contributed by atoms with van der Waals surface area (Å²) < 4.78 is 67.1. The molecule has 2 heterocycles.